The van der Waals surface area contributed by atoms with Crippen molar-refractivity contribution in [1.29, 1.82) is 0 Å². The molecule has 1 aromatic heterocycles. The van der Waals surface area contributed by atoms with E-state index in [-0.39, 0.29) is 0 Å². The van der Waals surface area contributed by atoms with Crippen molar-refractivity contribution in [2.24, 2.45) is 5.84 Å². The van der Waals surface area contributed by atoms with Crippen LogP contribution in [0.3, 0.4) is 0 Å². The molecule has 1 atom stereocenters. The number of nitrogens with one attached hydrogen (secondary N) is 1. The number of rotatable bonds is 2. The smallest absolute Gasteiger partial charge is 0.141 e. The highest BCUT2D eigenvalue weighted by Gasteiger charge is 2.05. The zero-order valence-electron chi connectivity index (χ0n) is 6.29. The number of hydrazine groups is 1. The van der Waals surface area contributed by atoms with E-state index in [1.54, 1.807) is 0 Å². The maximum absolute atomic E-state index is 12.4. The highest BCUT2D eigenvalue weighted by Crippen LogP contribution is 2.07. The first kappa shape index (κ1) is 8.65. The Balaban J connectivity index is 2.89. The van der Waals surface area contributed by atoms with Crippen molar-refractivity contribution in [2.45, 2.75) is 6.04 Å². The molecule has 4 heteroatoms. The second-order valence-corrected chi connectivity index (χ2v) is 2.17. The number of hydrogen-bond acceptors (Lipinski definition) is 3. The molecule has 0 amide bonds. The molecule has 0 saturated carbocycles. The average Bonchev–Trinajstić information content (AvgIpc) is 2.10. The van der Waals surface area contributed by atoms with Crippen LogP contribution in [-0.4, -0.2) is 4.98 Å². The fourth-order valence-electron chi connectivity index (χ4n) is 0.777. The molecule has 0 aliphatic carbocycles. The van der Waals surface area contributed by atoms with Gasteiger partial charge in [0.25, 0.3) is 0 Å². The predicted molar refractivity (Wildman–Crippen MR) is 43.1 cm³/mol. The fraction of sp³-hybridized carbons (Fsp3) is 0.125. The molecule has 3 nitrogen and oxygen atoms in total. The van der Waals surface area contributed by atoms with E-state index in [0.29, 0.717) is 5.69 Å². The lowest BCUT2D eigenvalue weighted by atomic mass is 10.2. The van der Waals surface area contributed by atoms with Crippen LogP contribution in [0.2, 0.25) is 0 Å². The third-order valence-corrected chi connectivity index (χ3v) is 1.38. The number of nitrogens with two attached hydrogens (primary N) is 1. The average molecular weight is 165 g/mol. The highest BCUT2D eigenvalue weighted by atomic mass is 19.1. The molecule has 1 heterocycles. The van der Waals surface area contributed by atoms with E-state index in [0.717, 1.165) is 6.20 Å². The molecule has 0 fully saturated rings. The van der Waals surface area contributed by atoms with Crippen molar-refractivity contribution >= 4 is 0 Å². The molecule has 1 unspecified atom stereocenters. The summed E-state index contributed by atoms with van der Waals surface area (Å²) < 4.78 is 12.4. The monoisotopic (exact) mass is 165 g/mol. The Morgan fingerprint density at radius 1 is 1.67 bits per heavy atom. The molecule has 1 aromatic rings. The first-order valence-corrected chi connectivity index (χ1v) is 3.31. The van der Waals surface area contributed by atoms with Gasteiger partial charge in [-0.15, -0.1) is 6.42 Å². The molecule has 0 bridgehead atoms. The van der Waals surface area contributed by atoms with Crippen LogP contribution in [-0.2, 0) is 0 Å². The summed E-state index contributed by atoms with van der Waals surface area (Å²) in [7, 11) is 0. The predicted octanol–water partition coefficient (Wildman–Crippen LogP) is 0.358. The summed E-state index contributed by atoms with van der Waals surface area (Å²) in [5, 5.41) is 0. The van der Waals surface area contributed by atoms with Crippen LogP contribution in [0.4, 0.5) is 4.39 Å². The lowest BCUT2D eigenvalue weighted by molar-refractivity contribution is 0.608. The van der Waals surface area contributed by atoms with Gasteiger partial charge in [-0.05, 0) is 12.1 Å². The lowest BCUT2D eigenvalue weighted by Gasteiger charge is -2.06. The van der Waals surface area contributed by atoms with E-state index in [9.17, 15) is 4.39 Å². The van der Waals surface area contributed by atoms with Gasteiger partial charge in [-0.3, -0.25) is 10.8 Å². The Hall–Kier alpha value is -1.44. The molecule has 0 radical (unpaired) electrons. The number of pyridine rings is 1. The summed E-state index contributed by atoms with van der Waals surface area (Å²) in [6.45, 7) is 0. The summed E-state index contributed by atoms with van der Waals surface area (Å²) in [5.41, 5.74) is 2.90. The molecule has 0 aromatic carbocycles. The molecule has 0 saturated heterocycles. The highest BCUT2D eigenvalue weighted by molar-refractivity contribution is 5.17. The molecular formula is C8H8FN3. The van der Waals surface area contributed by atoms with Gasteiger partial charge in [0, 0.05) is 0 Å². The molecular weight excluding hydrogens is 157 g/mol. The van der Waals surface area contributed by atoms with Crippen LogP contribution in [0, 0.1) is 18.2 Å². The molecule has 1 rings (SSSR count). The molecule has 0 spiro atoms. The van der Waals surface area contributed by atoms with Crippen LogP contribution in [0.1, 0.15) is 11.7 Å². The number of terminal acetylenes is 1. The number of halogens is 1. The van der Waals surface area contributed by atoms with Gasteiger partial charge in [0.1, 0.15) is 11.9 Å². The van der Waals surface area contributed by atoms with Crippen molar-refractivity contribution in [1.82, 2.24) is 10.4 Å². The van der Waals surface area contributed by atoms with E-state index >= 15 is 0 Å². The van der Waals surface area contributed by atoms with Crippen LogP contribution in [0.5, 0.6) is 0 Å². The SMILES string of the molecule is C#CC(NN)c1ccc(F)cn1. The summed E-state index contributed by atoms with van der Waals surface area (Å²) in [5.74, 6) is 7.10. The van der Waals surface area contributed by atoms with Crippen molar-refractivity contribution in [2.75, 3.05) is 0 Å². The normalized spacial score (nSPS) is 12.1. The van der Waals surface area contributed by atoms with Gasteiger partial charge >= 0.3 is 0 Å². The Morgan fingerprint density at radius 2 is 2.42 bits per heavy atom. The fourth-order valence-corrected chi connectivity index (χ4v) is 0.777. The van der Waals surface area contributed by atoms with Gasteiger partial charge in [0.2, 0.25) is 0 Å². The number of hydrogen-bond donors (Lipinski definition) is 2. The van der Waals surface area contributed by atoms with Gasteiger partial charge < -0.3 is 0 Å². The van der Waals surface area contributed by atoms with Crippen LogP contribution < -0.4 is 11.3 Å². The maximum Gasteiger partial charge on any atom is 0.141 e. The quantitative estimate of drug-likeness (QED) is 0.378. The number of nitrogens with zero attached hydrogens (tertiary/aromatic N) is 1. The zero-order valence-corrected chi connectivity index (χ0v) is 6.29. The minimum absolute atomic E-state index is 0.397. The maximum atomic E-state index is 12.4. The van der Waals surface area contributed by atoms with Gasteiger partial charge in [-0.25, -0.2) is 9.82 Å². The van der Waals surface area contributed by atoms with Gasteiger partial charge in [0.05, 0.1) is 11.9 Å². The van der Waals surface area contributed by atoms with Crippen molar-refractivity contribution < 1.29 is 4.39 Å². The van der Waals surface area contributed by atoms with Crippen LogP contribution >= 0.6 is 0 Å². The first-order chi connectivity index (χ1) is 5.77. The van der Waals surface area contributed by atoms with Crippen LogP contribution in [0.25, 0.3) is 0 Å². The topological polar surface area (TPSA) is 50.9 Å². The third-order valence-electron chi connectivity index (χ3n) is 1.38. The lowest BCUT2D eigenvalue weighted by Crippen LogP contribution is -2.27. The molecule has 12 heavy (non-hydrogen) atoms. The Morgan fingerprint density at radius 3 is 2.83 bits per heavy atom. The zero-order chi connectivity index (χ0) is 8.97. The summed E-state index contributed by atoms with van der Waals surface area (Å²) in [6, 6.07) is 2.30. The largest absolute Gasteiger partial charge is 0.270 e. The number of aromatic nitrogens is 1. The minimum Gasteiger partial charge on any atom is -0.270 e. The van der Waals surface area contributed by atoms with E-state index in [2.05, 4.69) is 16.3 Å². The van der Waals surface area contributed by atoms with E-state index < -0.39 is 11.9 Å². The standard InChI is InChI=1S/C8H8FN3/c1-2-7(12-10)8-4-3-6(9)5-11-8/h1,3-5,7,12H,10H2. The minimum atomic E-state index is -0.467. The summed E-state index contributed by atoms with van der Waals surface area (Å²) >= 11 is 0. The third kappa shape index (κ3) is 1.78. The van der Waals surface area contributed by atoms with E-state index in [4.69, 9.17) is 12.3 Å². The Kier molecular flexibility index (Phi) is 2.75. The molecule has 62 valence electrons. The van der Waals surface area contributed by atoms with Crippen molar-refractivity contribution in [3.63, 3.8) is 0 Å². The Bertz CT molecular complexity index is 288. The first-order valence-electron chi connectivity index (χ1n) is 3.31. The van der Waals surface area contributed by atoms with Crippen LogP contribution in [0.15, 0.2) is 18.3 Å². The molecule has 0 aliphatic heterocycles. The summed E-state index contributed by atoms with van der Waals surface area (Å²) in [4.78, 5) is 3.76. The van der Waals surface area contributed by atoms with E-state index in [1.165, 1.54) is 12.1 Å². The molecule has 3 N–H and O–H groups in total. The van der Waals surface area contributed by atoms with Crippen molar-refractivity contribution in [3.05, 3.63) is 29.8 Å². The van der Waals surface area contributed by atoms with E-state index in [1.807, 2.05) is 0 Å². The second-order valence-electron chi connectivity index (χ2n) is 2.17. The Labute approximate surface area is 69.8 Å². The molecule has 0 aliphatic rings. The van der Waals surface area contributed by atoms with Gasteiger partial charge in [-0.2, -0.15) is 0 Å². The van der Waals surface area contributed by atoms with Gasteiger partial charge in [-0.1, -0.05) is 5.92 Å². The van der Waals surface area contributed by atoms with Gasteiger partial charge in [0.15, 0.2) is 0 Å². The summed E-state index contributed by atoms with van der Waals surface area (Å²) in [6.07, 6.45) is 6.22. The second kappa shape index (κ2) is 3.81. The van der Waals surface area contributed by atoms with Crippen molar-refractivity contribution in [3.8, 4) is 12.3 Å².